The number of thiazole rings is 1. The lowest BCUT2D eigenvalue weighted by atomic mass is 10.5. The molecule has 2 heterocycles. The summed E-state index contributed by atoms with van der Waals surface area (Å²) >= 11 is 1.67. The van der Waals surface area contributed by atoms with Gasteiger partial charge < -0.3 is 15.4 Å². The molecule has 126 valence electrons. The Labute approximate surface area is 157 Å². The molecule has 0 amide bonds. The lowest BCUT2D eigenvalue weighted by molar-refractivity contribution is 0.320. The van der Waals surface area contributed by atoms with Crippen molar-refractivity contribution >= 4 is 41.3 Å². The molecule has 0 aliphatic carbocycles. The molecule has 0 saturated heterocycles. The number of hydrogen-bond acceptors (Lipinski definition) is 5. The van der Waals surface area contributed by atoms with Gasteiger partial charge in [0.05, 0.1) is 19.3 Å². The third kappa shape index (κ3) is 7.60. The minimum absolute atomic E-state index is 0. The molecule has 0 unspecified atom stereocenters. The quantitative estimate of drug-likeness (QED) is 0.296. The van der Waals surface area contributed by atoms with Gasteiger partial charge in [0.1, 0.15) is 17.4 Å². The third-order valence-corrected chi connectivity index (χ3v) is 3.58. The van der Waals surface area contributed by atoms with Crippen molar-refractivity contribution in [2.24, 2.45) is 4.99 Å². The number of aliphatic imine (C=N–C) groups is 1. The molecule has 0 atom stereocenters. The van der Waals surface area contributed by atoms with Crippen molar-refractivity contribution in [1.82, 2.24) is 20.6 Å². The van der Waals surface area contributed by atoms with Crippen LogP contribution in [0.2, 0.25) is 0 Å². The van der Waals surface area contributed by atoms with Crippen LogP contribution >= 0.6 is 35.3 Å². The van der Waals surface area contributed by atoms with Gasteiger partial charge in [-0.1, -0.05) is 0 Å². The summed E-state index contributed by atoms with van der Waals surface area (Å²) in [4.78, 5) is 14.0. The monoisotopic (exact) mass is 447 g/mol. The number of halogens is 1. The Morgan fingerprint density at radius 3 is 2.87 bits per heavy atom. The summed E-state index contributed by atoms with van der Waals surface area (Å²) in [6.45, 7) is 6.69. The van der Waals surface area contributed by atoms with Gasteiger partial charge in [-0.05, 0) is 26.0 Å². The first-order valence-corrected chi connectivity index (χ1v) is 8.06. The van der Waals surface area contributed by atoms with Gasteiger partial charge in [0.25, 0.3) is 0 Å². The number of nitrogens with one attached hydrogen (secondary N) is 2. The normalized spacial score (nSPS) is 10.8. The van der Waals surface area contributed by atoms with E-state index in [1.54, 1.807) is 23.7 Å². The van der Waals surface area contributed by atoms with E-state index < -0.39 is 0 Å². The zero-order valence-corrected chi connectivity index (χ0v) is 16.4. The molecular weight excluding hydrogens is 425 g/mol. The van der Waals surface area contributed by atoms with E-state index in [1.165, 1.54) is 4.88 Å². The lowest BCUT2D eigenvalue weighted by Gasteiger charge is -2.11. The highest BCUT2D eigenvalue weighted by molar-refractivity contribution is 14.0. The van der Waals surface area contributed by atoms with Gasteiger partial charge in [-0.15, -0.1) is 35.3 Å². The second-order valence-electron chi connectivity index (χ2n) is 4.52. The predicted octanol–water partition coefficient (Wildman–Crippen LogP) is 2.60. The van der Waals surface area contributed by atoms with Crippen LogP contribution in [0.5, 0.6) is 5.75 Å². The van der Waals surface area contributed by atoms with Crippen molar-refractivity contribution in [3.8, 4) is 5.75 Å². The molecule has 0 fully saturated rings. The van der Waals surface area contributed by atoms with Gasteiger partial charge in [-0.2, -0.15) is 0 Å². The van der Waals surface area contributed by atoms with Crippen LogP contribution in [0.1, 0.15) is 16.8 Å². The van der Waals surface area contributed by atoms with E-state index in [4.69, 9.17) is 4.74 Å². The van der Waals surface area contributed by atoms with Crippen molar-refractivity contribution in [2.45, 2.75) is 20.4 Å². The third-order valence-electron chi connectivity index (χ3n) is 2.68. The van der Waals surface area contributed by atoms with Gasteiger partial charge in [0, 0.05) is 23.8 Å². The fraction of sp³-hybridized carbons (Fsp3) is 0.400. The van der Waals surface area contributed by atoms with E-state index in [-0.39, 0.29) is 24.0 Å². The first-order chi connectivity index (χ1) is 10.8. The maximum atomic E-state index is 5.58. The largest absolute Gasteiger partial charge is 0.490 e. The van der Waals surface area contributed by atoms with Crippen molar-refractivity contribution in [1.29, 1.82) is 0 Å². The maximum absolute atomic E-state index is 5.58. The van der Waals surface area contributed by atoms with E-state index >= 15 is 0 Å². The molecule has 2 aromatic heterocycles. The Kier molecular flexibility index (Phi) is 9.53. The highest BCUT2D eigenvalue weighted by Gasteiger charge is 2.00. The molecule has 0 aliphatic heterocycles. The number of aryl methyl sites for hydroxylation is 1. The molecule has 23 heavy (non-hydrogen) atoms. The van der Waals surface area contributed by atoms with Gasteiger partial charge in [-0.25, -0.2) is 9.98 Å². The van der Waals surface area contributed by atoms with Gasteiger partial charge in [0.15, 0.2) is 5.96 Å². The fourth-order valence-corrected chi connectivity index (χ4v) is 2.45. The van der Waals surface area contributed by atoms with Crippen molar-refractivity contribution in [3.63, 3.8) is 0 Å². The molecule has 6 nitrogen and oxygen atoms in total. The molecule has 8 heteroatoms. The van der Waals surface area contributed by atoms with Crippen LogP contribution in [-0.2, 0) is 6.54 Å². The zero-order chi connectivity index (χ0) is 15.6. The van der Waals surface area contributed by atoms with Crippen LogP contribution in [0.25, 0.3) is 0 Å². The zero-order valence-electron chi connectivity index (χ0n) is 13.3. The first-order valence-electron chi connectivity index (χ1n) is 7.24. The number of rotatable bonds is 7. The van der Waals surface area contributed by atoms with E-state index in [0.717, 1.165) is 23.3 Å². The number of ether oxygens (including phenoxy) is 1. The SMILES string of the molecule is CCNC(=NCc1ncc(C)s1)NCCOc1cccnc1.I. The van der Waals surface area contributed by atoms with Crippen molar-refractivity contribution < 1.29 is 4.74 Å². The molecule has 0 aliphatic rings. The van der Waals surface area contributed by atoms with E-state index in [2.05, 4.69) is 25.6 Å². The Bertz CT molecular complexity index is 591. The van der Waals surface area contributed by atoms with E-state index in [0.29, 0.717) is 19.7 Å². The van der Waals surface area contributed by atoms with Crippen LogP contribution in [-0.4, -0.2) is 35.6 Å². The van der Waals surface area contributed by atoms with Crippen LogP contribution < -0.4 is 15.4 Å². The van der Waals surface area contributed by atoms with Crippen LogP contribution in [0.4, 0.5) is 0 Å². The molecule has 0 spiro atoms. The highest BCUT2D eigenvalue weighted by Crippen LogP contribution is 2.11. The minimum atomic E-state index is 0. The number of hydrogen-bond donors (Lipinski definition) is 2. The summed E-state index contributed by atoms with van der Waals surface area (Å²) in [5, 5.41) is 7.46. The summed E-state index contributed by atoms with van der Waals surface area (Å²) in [5.74, 6) is 1.54. The molecule has 2 N–H and O–H groups in total. The Balaban J connectivity index is 0.00000264. The molecule has 0 bridgehead atoms. The van der Waals surface area contributed by atoms with Crippen LogP contribution in [0, 0.1) is 6.92 Å². The Morgan fingerprint density at radius 1 is 1.35 bits per heavy atom. The molecule has 2 rings (SSSR count). The standard InChI is InChI=1S/C15H21N5OS.HI/c1-3-17-15(20-11-14-19-9-12(2)22-14)18-7-8-21-13-5-4-6-16-10-13;/h4-6,9-10H,3,7-8,11H2,1-2H3,(H2,17,18,20);1H. The van der Waals surface area contributed by atoms with E-state index in [1.807, 2.05) is 32.2 Å². The van der Waals surface area contributed by atoms with Crippen LogP contribution in [0.15, 0.2) is 35.7 Å². The summed E-state index contributed by atoms with van der Waals surface area (Å²) < 4.78 is 5.58. The summed E-state index contributed by atoms with van der Waals surface area (Å²) in [6.07, 6.45) is 5.29. The summed E-state index contributed by atoms with van der Waals surface area (Å²) in [7, 11) is 0. The lowest BCUT2D eigenvalue weighted by Crippen LogP contribution is -2.39. The highest BCUT2D eigenvalue weighted by atomic mass is 127. The molecule has 0 aromatic carbocycles. The number of aromatic nitrogens is 2. The second-order valence-corrected chi connectivity index (χ2v) is 5.84. The fourth-order valence-electron chi connectivity index (χ4n) is 1.73. The number of guanidine groups is 1. The average molecular weight is 447 g/mol. The maximum Gasteiger partial charge on any atom is 0.191 e. The first kappa shape index (κ1) is 19.6. The molecule has 2 aromatic rings. The van der Waals surface area contributed by atoms with Gasteiger partial charge >= 0.3 is 0 Å². The topological polar surface area (TPSA) is 71.4 Å². The number of pyridine rings is 1. The van der Waals surface area contributed by atoms with Gasteiger partial charge in [-0.3, -0.25) is 4.98 Å². The molecular formula is C15H22IN5OS. The van der Waals surface area contributed by atoms with Crippen molar-refractivity contribution in [3.05, 3.63) is 40.6 Å². The summed E-state index contributed by atoms with van der Waals surface area (Å²) in [5.41, 5.74) is 0. The average Bonchev–Trinajstić information content (AvgIpc) is 2.95. The Hall–Kier alpha value is -1.42. The predicted molar refractivity (Wildman–Crippen MR) is 105 cm³/mol. The number of nitrogens with zero attached hydrogens (tertiary/aromatic N) is 3. The van der Waals surface area contributed by atoms with Crippen LogP contribution in [0.3, 0.4) is 0 Å². The summed E-state index contributed by atoms with van der Waals surface area (Å²) in [6, 6.07) is 3.74. The van der Waals surface area contributed by atoms with Gasteiger partial charge in [0.2, 0.25) is 0 Å². The minimum Gasteiger partial charge on any atom is -0.490 e. The Morgan fingerprint density at radius 2 is 2.22 bits per heavy atom. The second kappa shape index (κ2) is 11.2. The smallest absolute Gasteiger partial charge is 0.191 e. The molecule has 0 radical (unpaired) electrons. The van der Waals surface area contributed by atoms with E-state index in [9.17, 15) is 0 Å². The molecule has 0 saturated carbocycles. The van der Waals surface area contributed by atoms with Crippen molar-refractivity contribution in [2.75, 3.05) is 19.7 Å².